The topological polar surface area (TPSA) is 62.8 Å². The van der Waals surface area contributed by atoms with E-state index in [2.05, 4.69) is 39.6 Å². The van der Waals surface area contributed by atoms with Gasteiger partial charge in [0.15, 0.2) is 0 Å². The third-order valence-electron chi connectivity index (χ3n) is 2.73. The number of aromatic nitrogens is 3. The number of anilines is 2. The molecule has 7 heteroatoms. The van der Waals surface area contributed by atoms with Crippen molar-refractivity contribution < 1.29 is 4.74 Å². The average molecular weight is 318 g/mol. The van der Waals surface area contributed by atoms with Crippen molar-refractivity contribution >= 4 is 34.7 Å². The number of hydrogen-bond donors (Lipinski definition) is 2. The van der Waals surface area contributed by atoms with Gasteiger partial charge < -0.3 is 10.1 Å². The first-order valence-corrected chi connectivity index (χ1v) is 7.94. The highest BCUT2D eigenvalue weighted by Crippen LogP contribution is 2.32. The lowest BCUT2D eigenvalue weighted by molar-refractivity contribution is 0.417. The number of nitrogens with one attached hydrogen (secondary N) is 2. The molecule has 0 spiro atoms. The summed E-state index contributed by atoms with van der Waals surface area (Å²) < 4.78 is 6.47. The van der Waals surface area contributed by atoms with E-state index in [4.69, 9.17) is 4.74 Å². The van der Waals surface area contributed by atoms with Gasteiger partial charge in [-0.15, -0.1) is 16.4 Å². The number of aryl methyl sites for hydroxylation is 1. The minimum absolute atomic E-state index is 0.593. The monoisotopic (exact) mass is 318 g/mol. The van der Waals surface area contributed by atoms with Crippen molar-refractivity contribution in [3.63, 3.8) is 0 Å². The molecule has 0 saturated carbocycles. The summed E-state index contributed by atoms with van der Waals surface area (Å²) in [7, 11) is 1.64. The molecule has 5 nitrogen and oxygen atoms in total. The molecule has 0 aliphatic heterocycles. The zero-order valence-electron chi connectivity index (χ0n) is 11.6. The van der Waals surface area contributed by atoms with Gasteiger partial charge in [-0.05, 0) is 43.0 Å². The average Bonchev–Trinajstić information content (AvgIpc) is 3.09. The van der Waals surface area contributed by atoms with Crippen molar-refractivity contribution in [1.29, 1.82) is 0 Å². The highest BCUT2D eigenvalue weighted by Gasteiger charge is 2.08. The van der Waals surface area contributed by atoms with Crippen LogP contribution in [0.25, 0.3) is 0 Å². The Morgan fingerprint density at radius 3 is 2.86 bits per heavy atom. The molecule has 0 radical (unpaired) electrons. The summed E-state index contributed by atoms with van der Waals surface area (Å²) in [6.07, 6.45) is 0. The summed E-state index contributed by atoms with van der Waals surface area (Å²) in [5.74, 6) is 1.35. The summed E-state index contributed by atoms with van der Waals surface area (Å²) in [6, 6.07) is 11.8. The van der Waals surface area contributed by atoms with Gasteiger partial charge in [0.1, 0.15) is 5.75 Å². The molecule has 0 atom stereocenters. The van der Waals surface area contributed by atoms with Gasteiger partial charge in [0.05, 0.1) is 17.0 Å². The zero-order valence-corrected chi connectivity index (χ0v) is 13.2. The van der Waals surface area contributed by atoms with Gasteiger partial charge >= 0.3 is 0 Å². The van der Waals surface area contributed by atoms with Crippen LogP contribution in [0.15, 0.2) is 45.8 Å². The molecule has 0 unspecified atom stereocenters. The van der Waals surface area contributed by atoms with Crippen LogP contribution in [-0.4, -0.2) is 22.3 Å². The van der Waals surface area contributed by atoms with Gasteiger partial charge in [-0.2, -0.15) is 4.98 Å². The van der Waals surface area contributed by atoms with Crippen LogP contribution in [0.4, 0.5) is 11.6 Å². The lowest BCUT2D eigenvalue weighted by atomic mass is 10.3. The Morgan fingerprint density at radius 2 is 2.10 bits per heavy atom. The largest absolute Gasteiger partial charge is 0.495 e. The molecule has 3 aromatic rings. The Labute approximate surface area is 130 Å². The summed E-state index contributed by atoms with van der Waals surface area (Å²) in [5.41, 5.74) is 0.847. The van der Waals surface area contributed by atoms with Crippen LogP contribution in [0, 0.1) is 6.92 Å². The number of ether oxygens (including phenoxy) is 1. The maximum atomic E-state index is 5.29. The van der Waals surface area contributed by atoms with Crippen LogP contribution in [0.5, 0.6) is 5.75 Å². The van der Waals surface area contributed by atoms with Crippen molar-refractivity contribution in [1.82, 2.24) is 15.2 Å². The van der Waals surface area contributed by atoms with E-state index in [0.29, 0.717) is 11.1 Å². The molecule has 0 amide bonds. The number of nitrogens with zero attached hydrogens (tertiary/aromatic N) is 2. The second-order valence-electron chi connectivity index (χ2n) is 4.26. The Morgan fingerprint density at radius 1 is 1.24 bits per heavy atom. The van der Waals surface area contributed by atoms with Gasteiger partial charge in [0, 0.05) is 4.88 Å². The van der Waals surface area contributed by atoms with Crippen LogP contribution in [0.3, 0.4) is 0 Å². The fraction of sp³-hybridized carbons (Fsp3) is 0.143. The summed E-state index contributed by atoms with van der Waals surface area (Å²) in [5, 5.41) is 11.0. The lowest BCUT2D eigenvalue weighted by Crippen LogP contribution is -1.95. The van der Waals surface area contributed by atoms with E-state index in [1.165, 1.54) is 9.09 Å². The SMILES string of the molecule is COc1ccccc1Nc1nc(Sc2ccc(C)s2)n[nH]1. The fourth-order valence-corrected chi connectivity index (χ4v) is 3.70. The van der Waals surface area contributed by atoms with Crippen LogP contribution in [0.2, 0.25) is 0 Å². The predicted molar refractivity (Wildman–Crippen MR) is 85.8 cm³/mol. The first-order chi connectivity index (χ1) is 10.2. The predicted octanol–water partition coefficient (Wildman–Crippen LogP) is 4.08. The number of hydrogen-bond acceptors (Lipinski definition) is 6. The number of methoxy groups -OCH3 is 1. The highest BCUT2D eigenvalue weighted by atomic mass is 32.2. The highest BCUT2D eigenvalue weighted by molar-refractivity contribution is 8.01. The number of rotatable bonds is 5. The lowest BCUT2D eigenvalue weighted by Gasteiger charge is -2.07. The van der Waals surface area contributed by atoms with Gasteiger partial charge in [-0.1, -0.05) is 12.1 Å². The van der Waals surface area contributed by atoms with Crippen LogP contribution < -0.4 is 10.1 Å². The molecule has 0 aliphatic carbocycles. The van der Waals surface area contributed by atoms with E-state index in [-0.39, 0.29) is 0 Å². The quantitative estimate of drug-likeness (QED) is 0.742. The van der Waals surface area contributed by atoms with E-state index in [0.717, 1.165) is 11.4 Å². The number of H-pyrrole nitrogens is 1. The molecule has 0 bridgehead atoms. The number of para-hydroxylation sites is 2. The van der Waals surface area contributed by atoms with Crippen molar-refractivity contribution in [2.75, 3.05) is 12.4 Å². The zero-order chi connectivity index (χ0) is 14.7. The molecule has 0 saturated heterocycles. The van der Waals surface area contributed by atoms with E-state index in [1.807, 2.05) is 24.3 Å². The fourth-order valence-electron chi connectivity index (χ4n) is 1.78. The number of thiophene rings is 1. The standard InChI is InChI=1S/C14H14N4OS2/c1-9-7-8-12(20-9)21-14-16-13(17-18-14)15-10-5-3-4-6-11(10)19-2/h3-8H,1-2H3,(H2,15,16,17,18). The van der Waals surface area contributed by atoms with Crippen molar-refractivity contribution in [2.24, 2.45) is 0 Å². The molecule has 2 heterocycles. The first kappa shape index (κ1) is 14.0. The molecule has 0 fully saturated rings. The molecule has 2 aromatic heterocycles. The Hall–Kier alpha value is -1.99. The van der Waals surface area contributed by atoms with Crippen molar-refractivity contribution in [3.8, 4) is 5.75 Å². The number of aromatic amines is 1. The van der Waals surface area contributed by atoms with Crippen molar-refractivity contribution in [3.05, 3.63) is 41.3 Å². The summed E-state index contributed by atoms with van der Waals surface area (Å²) in [6.45, 7) is 2.08. The van der Waals surface area contributed by atoms with Gasteiger partial charge in [0.25, 0.3) is 0 Å². The normalized spacial score (nSPS) is 10.6. The molecule has 3 rings (SSSR count). The minimum atomic E-state index is 0.593. The summed E-state index contributed by atoms with van der Waals surface area (Å²) in [4.78, 5) is 5.70. The molecule has 21 heavy (non-hydrogen) atoms. The molecular weight excluding hydrogens is 304 g/mol. The van der Waals surface area contributed by atoms with E-state index in [9.17, 15) is 0 Å². The molecule has 108 valence electrons. The smallest absolute Gasteiger partial charge is 0.224 e. The Bertz CT molecular complexity index is 738. The van der Waals surface area contributed by atoms with Gasteiger partial charge in [0.2, 0.25) is 11.1 Å². The third kappa shape index (κ3) is 3.37. The Kier molecular flexibility index (Phi) is 4.12. The number of benzene rings is 1. The van der Waals surface area contributed by atoms with Crippen LogP contribution in [0.1, 0.15) is 4.88 Å². The van der Waals surface area contributed by atoms with Gasteiger partial charge in [-0.25, -0.2) is 5.10 Å². The third-order valence-corrected chi connectivity index (χ3v) is 4.73. The van der Waals surface area contributed by atoms with Gasteiger partial charge in [-0.3, -0.25) is 0 Å². The molecule has 0 aliphatic rings. The first-order valence-electron chi connectivity index (χ1n) is 6.31. The van der Waals surface area contributed by atoms with E-state index in [1.54, 1.807) is 30.2 Å². The Balaban J connectivity index is 1.73. The van der Waals surface area contributed by atoms with Crippen LogP contribution >= 0.6 is 23.1 Å². The second kappa shape index (κ2) is 6.19. The minimum Gasteiger partial charge on any atom is -0.495 e. The summed E-state index contributed by atoms with van der Waals surface area (Å²) >= 11 is 3.27. The maximum Gasteiger partial charge on any atom is 0.224 e. The molecule has 1 aromatic carbocycles. The molecular formula is C14H14N4OS2. The maximum absolute atomic E-state index is 5.29. The van der Waals surface area contributed by atoms with E-state index >= 15 is 0 Å². The van der Waals surface area contributed by atoms with Crippen LogP contribution in [-0.2, 0) is 0 Å². The second-order valence-corrected chi connectivity index (χ2v) is 6.81. The van der Waals surface area contributed by atoms with E-state index < -0.39 is 0 Å². The van der Waals surface area contributed by atoms with Crippen molar-refractivity contribution in [2.45, 2.75) is 16.3 Å². The molecule has 2 N–H and O–H groups in total.